The summed E-state index contributed by atoms with van der Waals surface area (Å²) in [7, 11) is 0. The normalized spacial score (nSPS) is 11.0. The summed E-state index contributed by atoms with van der Waals surface area (Å²) in [6.45, 7) is 2.57. The van der Waals surface area contributed by atoms with Gasteiger partial charge < -0.3 is 0 Å². The lowest BCUT2D eigenvalue weighted by Crippen LogP contribution is -2.40. The molecule has 134 valence electrons. The Morgan fingerprint density at radius 2 is 1.63 bits per heavy atom. The Kier molecular flexibility index (Phi) is 4.38. The van der Waals surface area contributed by atoms with Crippen LogP contribution in [-0.4, -0.2) is 19.1 Å². The van der Waals surface area contributed by atoms with Gasteiger partial charge in [-0.1, -0.05) is 29.8 Å². The lowest BCUT2D eigenvalue weighted by atomic mass is 10.1. The molecule has 0 unspecified atom stereocenters. The number of aromatic nitrogens is 4. The van der Waals surface area contributed by atoms with Crippen LogP contribution in [0.15, 0.2) is 76.7 Å². The van der Waals surface area contributed by atoms with Crippen molar-refractivity contribution in [1.29, 1.82) is 0 Å². The molecule has 0 fully saturated rings. The maximum Gasteiger partial charge on any atom is 0.332 e. The van der Waals surface area contributed by atoms with E-state index in [2.05, 4.69) is 9.97 Å². The zero-order chi connectivity index (χ0) is 18.8. The molecule has 0 N–H and O–H groups in total. The van der Waals surface area contributed by atoms with Crippen LogP contribution >= 0.6 is 0 Å². The molecule has 0 aliphatic rings. The smallest absolute Gasteiger partial charge is 0.287 e. The molecule has 3 heterocycles. The van der Waals surface area contributed by atoms with Gasteiger partial charge in [0.15, 0.2) is 5.52 Å². The zero-order valence-electron chi connectivity index (χ0n) is 14.9. The molecular weight excluding hydrogens is 340 g/mol. The third kappa shape index (κ3) is 3.29. The third-order valence-electron chi connectivity index (χ3n) is 4.50. The van der Waals surface area contributed by atoms with Crippen molar-refractivity contribution in [1.82, 2.24) is 19.1 Å². The van der Waals surface area contributed by atoms with Gasteiger partial charge in [0.1, 0.15) is 0 Å². The predicted molar refractivity (Wildman–Crippen MR) is 104 cm³/mol. The molecular formula is C21H18N4O2. The first-order chi connectivity index (χ1) is 13.1. The summed E-state index contributed by atoms with van der Waals surface area (Å²) >= 11 is 0. The highest BCUT2D eigenvalue weighted by molar-refractivity contribution is 5.73. The van der Waals surface area contributed by atoms with E-state index in [1.807, 2.05) is 31.2 Å². The Bertz CT molecular complexity index is 1230. The first-order valence-corrected chi connectivity index (χ1v) is 8.66. The van der Waals surface area contributed by atoms with Crippen LogP contribution in [0, 0.1) is 6.92 Å². The van der Waals surface area contributed by atoms with Gasteiger partial charge in [-0.05, 0) is 42.3 Å². The average molecular weight is 358 g/mol. The van der Waals surface area contributed by atoms with E-state index in [-0.39, 0.29) is 17.8 Å². The number of fused-ring (bicyclic) bond motifs is 1. The predicted octanol–water partition coefficient (Wildman–Crippen LogP) is 2.36. The molecule has 4 rings (SSSR count). The zero-order valence-corrected chi connectivity index (χ0v) is 14.9. The first kappa shape index (κ1) is 16.9. The van der Waals surface area contributed by atoms with Crippen molar-refractivity contribution in [3.8, 4) is 0 Å². The van der Waals surface area contributed by atoms with Crippen LogP contribution in [-0.2, 0) is 13.1 Å². The Morgan fingerprint density at radius 1 is 0.852 bits per heavy atom. The molecule has 3 aromatic heterocycles. The van der Waals surface area contributed by atoms with Crippen LogP contribution in [0.25, 0.3) is 11.0 Å². The standard InChI is InChI=1S/C21H18N4O2/c1-15-4-2-5-17(12-15)14-24-18-6-3-9-23-19(18)20(26)25(21(24)27)13-16-7-10-22-11-8-16/h2-12H,13-14H2,1H3. The van der Waals surface area contributed by atoms with Crippen molar-refractivity contribution in [3.05, 3.63) is 105 Å². The number of hydrogen-bond donors (Lipinski definition) is 0. The highest BCUT2D eigenvalue weighted by Crippen LogP contribution is 2.10. The second-order valence-electron chi connectivity index (χ2n) is 6.48. The van der Waals surface area contributed by atoms with Crippen molar-refractivity contribution in [2.24, 2.45) is 0 Å². The van der Waals surface area contributed by atoms with Crippen molar-refractivity contribution in [2.75, 3.05) is 0 Å². The molecule has 4 aromatic rings. The number of pyridine rings is 2. The van der Waals surface area contributed by atoms with Gasteiger partial charge in [0.25, 0.3) is 5.56 Å². The van der Waals surface area contributed by atoms with E-state index in [1.165, 1.54) is 4.57 Å². The molecule has 0 radical (unpaired) electrons. The Hall–Kier alpha value is -3.54. The SMILES string of the molecule is Cc1cccc(Cn2c(=O)n(Cc3ccncc3)c(=O)c3ncccc32)c1. The largest absolute Gasteiger partial charge is 0.332 e. The van der Waals surface area contributed by atoms with Gasteiger partial charge in [0, 0.05) is 18.6 Å². The summed E-state index contributed by atoms with van der Waals surface area (Å²) in [6.07, 6.45) is 4.86. The van der Waals surface area contributed by atoms with E-state index < -0.39 is 0 Å². The fourth-order valence-electron chi connectivity index (χ4n) is 3.20. The molecule has 0 spiro atoms. The summed E-state index contributed by atoms with van der Waals surface area (Å²) < 4.78 is 2.85. The van der Waals surface area contributed by atoms with Crippen molar-refractivity contribution in [3.63, 3.8) is 0 Å². The van der Waals surface area contributed by atoms with Crippen LogP contribution in [0.4, 0.5) is 0 Å². The van der Waals surface area contributed by atoms with Crippen LogP contribution < -0.4 is 11.2 Å². The van der Waals surface area contributed by atoms with Crippen molar-refractivity contribution >= 4 is 11.0 Å². The molecule has 6 nitrogen and oxygen atoms in total. The molecule has 0 bridgehead atoms. The first-order valence-electron chi connectivity index (χ1n) is 8.66. The minimum absolute atomic E-state index is 0.181. The van der Waals surface area contributed by atoms with E-state index in [0.29, 0.717) is 17.6 Å². The number of rotatable bonds is 4. The minimum atomic E-state index is -0.382. The van der Waals surface area contributed by atoms with Gasteiger partial charge in [-0.15, -0.1) is 0 Å². The highest BCUT2D eigenvalue weighted by Gasteiger charge is 2.14. The fraction of sp³-hybridized carbons (Fsp3) is 0.143. The summed E-state index contributed by atoms with van der Waals surface area (Å²) in [5.41, 5.74) is 3.05. The summed E-state index contributed by atoms with van der Waals surface area (Å²) in [4.78, 5) is 34.3. The van der Waals surface area contributed by atoms with Gasteiger partial charge in [-0.3, -0.25) is 18.9 Å². The molecule has 0 aliphatic heterocycles. The summed E-state index contributed by atoms with van der Waals surface area (Å²) in [5, 5.41) is 0. The quantitative estimate of drug-likeness (QED) is 0.562. The molecule has 0 amide bonds. The van der Waals surface area contributed by atoms with Crippen molar-refractivity contribution in [2.45, 2.75) is 20.0 Å². The van der Waals surface area contributed by atoms with E-state index >= 15 is 0 Å². The molecule has 0 atom stereocenters. The highest BCUT2D eigenvalue weighted by atomic mass is 16.2. The number of nitrogens with zero attached hydrogens (tertiary/aromatic N) is 4. The lowest BCUT2D eigenvalue weighted by Gasteiger charge is -2.14. The maximum atomic E-state index is 13.2. The minimum Gasteiger partial charge on any atom is -0.287 e. The Labute approximate surface area is 155 Å². The average Bonchev–Trinajstić information content (AvgIpc) is 2.69. The van der Waals surface area contributed by atoms with E-state index in [4.69, 9.17) is 0 Å². The van der Waals surface area contributed by atoms with Crippen LogP contribution in [0.5, 0.6) is 0 Å². The fourth-order valence-corrected chi connectivity index (χ4v) is 3.20. The Morgan fingerprint density at radius 3 is 2.41 bits per heavy atom. The maximum absolute atomic E-state index is 13.2. The number of hydrogen-bond acceptors (Lipinski definition) is 4. The monoisotopic (exact) mass is 358 g/mol. The van der Waals surface area contributed by atoms with Crippen LogP contribution in [0.3, 0.4) is 0 Å². The van der Waals surface area contributed by atoms with Crippen LogP contribution in [0.2, 0.25) is 0 Å². The van der Waals surface area contributed by atoms with Gasteiger partial charge in [0.2, 0.25) is 0 Å². The summed E-state index contributed by atoms with van der Waals surface area (Å²) in [5.74, 6) is 0. The number of benzene rings is 1. The van der Waals surface area contributed by atoms with E-state index in [9.17, 15) is 9.59 Å². The Balaban J connectivity index is 1.92. The van der Waals surface area contributed by atoms with Crippen molar-refractivity contribution < 1.29 is 0 Å². The van der Waals surface area contributed by atoms with E-state index in [1.54, 1.807) is 47.4 Å². The van der Waals surface area contributed by atoms with Gasteiger partial charge in [-0.2, -0.15) is 0 Å². The lowest BCUT2D eigenvalue weighted by molar-refractivity contribution is 0.632. The van der Waals surface area contributed by atoms with Crippen LogP contribution in [0.1, 0.15) is 16.7 Å². The second kappa shape index (κ2) is 6.99. The van der Waals surface area contributed by atoms with Gasteiger partial charge >= 0.3 is 5.69 Å². The second-order valence-corrected chi connectivity index (χ2v) is 6.48. The summed E-state index contributed by atoms with van der Waals surface area (Å²) in [6, 6.07) is 15.1. The number of aryl methyl sites for hydroxylation is 1. The third-order valence-corrected chi connectivity index (χ3v) is 4.50. The molecule has 0 saturated heterocycles. The van der Waals surface area contributed by atoms with Gasteiger partial charge in [-0.25, -0.2) is 9.78 Å². The molecule has 27 heavy (non-hydrogen) atoms. The van der Waals surface area contributed by atoms with E-state index in [0.717, 1.165) is 16.7 Å². The molecule has 6 heteroatoms. The van der Waals surface area contributed by atoms with Gasteiger partial charge in [0.05, 0.1) is 18.6 Å². The molecule has 1 aromatic carbocycles. The topological polar surface area (TPSA) is 69.8 Å². The molecule has 0 aliphatic carbocycles. The molecule has 0 saturated carbocycles.